The van der Waals surface area contributed by atoms with Crippen molar-refractivity contribution in [2.24, 2.45) is 0 Å². The van der Waals surface area contributed by atoms with Crippen LogP contribution in [-0.2, 0) is 0 Å². The normalized spacial score (nSPS) is 15.2. The first-order valence-corrected chi connectivity index (χ1v) is 22.0. The Morgan fingerprint density at radius 1 is 0.250 bits per heavy atom. The minimum atomic E-state index is -0.208. The van der Waals surface area contributed by atoms with Gasteiger partial charge in [0, 0.05) is 63.3 Å². The van der Waals surface area contributed by atoms with Gasteiger partial charge in [0.25, 0.3) is 20.1 Å². The Labute approximate surface area is 368 Å². The third-order valence-corrected chi connectivity index (χ3v) is 14.9. The molecule has 8 aliphatic heterocycles. The van der Waals surface area contributed by atoms with Crippen LogP contribution in [0.1, 0.15) is 0 Å². The van der Waals surface area contributed by atoms with Gasteiger partial charge < -0.3 is 33.6 Å². The van der Waals surface area contributed by atoms with E-state index in [0.29, 0.717) is 46.0 Å². The van der Waals surface area contributed by atoms with E-state index in [0.717, 1.165) is 22.3 Å². The van der Waals surface area contributed by atoms with E-state index >= 15 is 0 Å². The lowest BCUT2D eigenvalue weighted by atomic mass is 9.24. The van der Waals surface area contributed by atoms with Crippen LogP contribution in [0, 0.1) is 0 Å². The largest absolute Gasteiger partial charge is 0.450 e. The fourth-order valence-electron chi connectivity index (χ4n) is 12.6. The van der Waals surface area contributed by atoms with Crippen LogP contribution < -0.4 is 82.8 Å². The SMILES string of the molecule is c1ccc2c(c1)Oc1cc3c(cc1O2)N1c2ccccc2B2c4ccccc4N4c5ccccc5B5c6ccccc6N6c7cc8c(cc7B3c3c1c2c4c5c36)Oc1ccccc1O8. The maximum absolute atomic E-state index is 6.77. The second-order valence-corrected chi connectivity index (χ2v) is 17.8. The van der Waals surface area contributed by atoms with Crippen molar-refractivity contribution in [1.29, 1.82) is 0 Å². The summed E-state index contributed by atoms with van der Waals surface area (Å²) >= 11 is 0. The van der Waals surface area contributed by atoms with Crippen LogP contribution in [0.3, 0.4) is 0 Å². The average Bonchev–Trinajstić information content (AvgIpc) is 3.35. The van der Waals surface area contributed by atoms with Crippen LogP contribution in [0.4, 0.5) is 51.2 Å². The molecule has 0 bridgehead atoms. The number of hydrogen-bond acceptors (Lipinski definition) is 7. The number of anilines is 9. The molecule has 9 aromatic rings. The summed E-state index contributed by atoms with van der Waals surface area (Å²) in [5.41, 5.74) is 22.1. The van der Waals surface area contributed by atoms with Gasteiger partial charge in [0.2, 0.25) is 0 Å². The van der Waals surface area contributed by atoms with Gasteiger partial charge in [-0.25, -0.2) is 0 Å². The highest BCUT2D eigenvalue weighted by molar-refractivity contribution is 7.09. The van der Waals surface area contributed by atoms with Gasteiger partial charge in [-0.1, -0.05) is 97.1 Å². The van der Waals surface area contributed by atoms with E-state index in [-0.39, 0.29) is 20.1 Å². The molecule has 9 aromatic carbocycles. The van der Waals surface area contributed by atoms with Gasteiger partial charge in [-0.15, -0.1) is 0 Å². The summed E-state index contributed by atoms with van der Waals surface area (Å²) in [5, 5.41) is 0. The first-order chi connectivity index (χ1) is 31.8. The number of rotatable bonds is 0. The monoisotopic (exact) mass is 815 g/mol. The molecule has 0 aliphatic carbocycles. The zero-order chi connectivity index (χ0) is 41.1. The zero-order valence-corrected chi connectivity index (χ0v) is 33.9. The van der Waals surface area contributed by atoms with Crippen LogP contribution in [-0.4, -0.2) is 20.1 Å². The maximum atomic E-state index is 6.77. The first-order valence-electron chi connectivity index (χ1n) is 22.0. The van der Waals surface area contributed by atoms with E-state index in [1.54, 1.807) is 0 Å². The molecule has 292 valence electrons. The molecular formula is C54H28B3N3O4. The second kappa shape index (κ2) is 11.0. The predicted molar refractivity (Wildman–Crippen MR) is 258 cm³/mol. The molecule has 0 radical (unpaired) electrons. The number of fused-ring (bicyclic) bond motifs is 22. The van der Waals surface area contributed by atoms with Crippen molar-refractivity contribution >= 4 is 120 Å². The third-order valence-electron chi connectivity index (χ3n) is 14.9. The Bertz CT molecular complexity index is 3490. The van der Waals surface area contributed by atoms with Gasteiger partial charge >= 0.3 is 0 Å². The fraction of sp³-hybridized carbons (Fsp3) is 0. The fourth-order valence-corrected chi connectivity index (χ4v) is 12.6. The summed E-state index contributed by atoms with van der Waals surface area (Å²) < 4.78 is 27.0. The number of para-hydroxylation sites is 8. The van der Waals surface area contributed by atoms with E-state index in [1.165, 1.54) is 78.1 Å². The Morgan fingerprint density at radius 3 is 0.859 bits per heavy atom. The Kier molecular flexibility index (Phi) is 5.60. The summed E-state index contributed by atoms with van der Waals surface area (Å²) in [6, 6.07) is 61.1. The lowest BCUT2D eigenvalue weighted by molar-refractivity contribution is 0.360. The molecule has 0 aromatic heterocycles. The molecule has 0 saturated heterocycles. The lowest BCUT2D eigenvalue weighted by Crippen LogP contribution is -2.74. The summed E-state index contributed by atoms with van der Waals surface area (Å²) in [4.78, 5) is 7.71. The number of nitrogens with zero attached hydrogens (tertiary/aromatic N) is 3. The minimum absolute atomic E-state index is 0.00700. The molecule has 17 rings (SSSR count). The Balaban J connectivity index is 1.06. The van der Waals surface area contributed by atoms with Crippen molar-refractivity contribution in [1.82, 2.24) is 0 Å². The molecule has 0 fully saturated rings. The van der Waals surface area contributed by atoms with Gasteiger partial charge in [0.15, 0.2) is 46.0 Å². The van der Waals surface area contributed by atoms with Crippen LogP contribution in [0.15, 0.2) is 170 Å². The summed E-state index contributed by atoms with van der Waals surface area (Å²) in [5.74, 6) is 5.61. The Hall–Kier alpha value is -8.23. The van der Waals surface area contributed by atoms with Gasteiger partial charge in [0.1, 0.15) is 0 Å². The average molecular weight is 815 g/mol. The molecule has 0 unspecified atom stereocenters. The summed E-state index contributed by atoms with van der Waals surface area (Å²) in [7, 11) is 0. The van der Waals surface area contributed by atoms with Crippen molar-refractivity contribution in [3.63, 3.8) is 0 Å². The second-order valence-electron chi connectivity index (χ2n) is 17.8. The van der Waals surface area contributed by atoms with Crippen LogP contribution in [0.25, 0.3) is 0 Å². The molecular weight excluding hydrogens is 787 g/mol. The molecule has 0 N–H and O–H groups in total. The summed E-state index contributed by atoms with van der Waals surface area (Å²) in [6.07, 6.45) is 0. The molecule has 0 saturated carbocycles. The zero-order valence-electron chi connectivity index (χ0n) is 33.9. The van der Waals surface area contributed by atoms with Crippen LogP contribution >= 0.6 is 0 Å². The highest BCUT2D eigenvalue weighted by atomic mass is 16.6. The van der Waals surface area contributed by atoms with E-state index in [4.69, 9.17) is 18.9 Å². The van der Waals surface area contributed by atoms with Crippen molar-refractivity contribution in [3.8, 4) is 46.0 Å². The van der Waals surface area contributed by atoms with Gasteiger partial charge in [-0.3, -0.25) is 0 Å². The number of benzene rings is 9. The minimum Gasteiger partial charge on any atom is -0.450 e. The highest BCUT2D eigenvalue weighted by Crippen LogP contribution is 2.55. The van der Waals surface area contributed by atoms with Crippen molar-refractivity contribution in [2.75, 3.05) is 14.7 Å². The molecule has 0 amide bonds. The van der Waals surface area contributed by atoms with Crippen molar-refractivity contribution < 1.29 is 18.9 Å². The maximum Gasteiger partial charge on any atom is 0.252 e. The number of ether oxygens (including phenoxy) is 4. The quantitative estimate of drug-likeness (QED) is 0.149. The van der Waals surface area contributed by atoms with E-state index in [2.05, 4.69) is 136 Å². The Morgan fingerprint density at radius 2 is 0.516 bits per heavy atom. The van der Waals surface area contributed by atoms with Gasteiger partial charge in [0.05, 0.1) is 0 Å². The molecule has 8 aliphatic rings. The van der Waals surface area contributed by atoms with E-state index < -0.39 is 0 Å². The van der Waals surface area contributed by atoms with Crippen molar-refractivity contribution in [3.05, 3.63) is 170 Å². The van der Waals surface area contributed by atoms with Crippen LogP contribution in [0.2, 0.25) is 0 Å². The molecule has 0 atom stereocenters. The third kappa shape index (κ3) is 3.68. The molecule has 10 heteroatoms. The standard InChI is InChI=1S/C54H28B3N3O4/c1-5-17-35-29(13-1)55-31-15-3-7-19-37(31)59-39-27-47-45(61-41-21-9-11-23-43(41)63-47)25-33(39)57-34-26-46-48(64-44-24-12-10-22-42(44)62-46)28-40(34)60-38-20-8-4-16-32(38)56-30-14-2-6-18-36(30)58(35)52-49(55)53(59)51(57)54(60)50(52)56/h1-28H. The number of hydrogen-bond donors (Lipinski definition) is 0. The summed E-state index contributed by atoms with van der Waals surface area (Å²) in [6.45, 7) is -0.222. The highest BCUT2D eigenvalue weighted by Gasteiger charge is 2.57. The molecule has 64 heavy (non-hydrogen) atoms. The molecule has 0 spiro atoms. The smallest absolute Gasteiger partial charge is 0.252 e. The van der Waals surface area contributed by atoms with Gasteiger partial charge in [-0.05, 0) is 110 Å². The van der Waals surface area contributed by atoms with Crippen molar-refractivity contribution in [2.45, 2.75) is 0 Å². The lowest BCUT2D eigenvalue weighted by Gasteiger charge is -2.55. The molecule has 8 heterocycles. The van der Waals surface area contributed by atoms with Crippen LogP contribution in [0.5, 0.6) is 46.0 Å². The first kappa shape index (κ1) is 32.5. The topological polar surface area (TPSA) is 46.6 Å². The van der Waals surface area contributed by atoms with E-state index in [9.17, 15) is 0 Å². The van der Waals surface area contributed by atoms with E-state index in [1.807, 2.05) is 48.5 Å². The van der Waals surface area contributed by atoms with Gasteiger partial charge in [-0.2, -0.15) is 0 Å². The molecule has 7 nitrogen and oxygen atoms in total. The predicted octanol–water partition coefficient (Wildman–Crippen LogP) is 7.32.